The highest BCUT2D eigenvalue weighted by molar-refractivity contribution is 5.76. The molecule has 2 aliphatic rings. The van der Waals surface area contributed by atoms with Crippen LogP contribution in [0.3, 0.4) is 0 Å². The molecular weight excluding hydrogens is 444 g/mol. The predicted octanol–water partition coefficient (Wildman–Crippen LogP) is 4.62. The van der Waals surface area contributed by atoms with Gasteiger partial charge in [0.05, 0.1) is 6.04 Å². The smallest absolute Gasteiger partial charge is 0.421 e. The van der Waals surface area contributed by atoms with Gasteiger partial charge in [0, 0.05) is 13.0 Å². The van der Waals surface area contributed by atoms with Crippen LogP contribution in [0.4, 0.5) is 17.6 Å². The number of alkyl halides is 4. The van der Waals surface area contributed by atoms with Crippen molar-refractivity contribution in [3.63, 3.8) is 0 Å². The third kappa shape index (κ3) is 6.50. The average Bonchev–Trinajstić information content (AvgIpc) is 3.26. The molecule has 3 rings (SSSR count). The fraction of sp³-hybridized carbons (Fsp3) is 0.696. The summed E-state index contributed by atoms with van der Waals surface area (Å²) in [5, 5.41) is 13.9. The minimum Gasteiger partial charge on any atom is -0.421 e. The van der Waals surface area contributed by atoms with Gasteiger partial charge in [-0.15, -0.1) is 0 Å². The summed E-state index contributed by atoms with van der Waals surface area (Å²) in [6.07, 6.45) is -3.56. The van der Waals surface area contributed by atoms with Gasteiger partial charge in [0.15, 0.2) is 11.5 Å². The Balaban J connectivity index is 1.70. The van der Waals surface area contributed by atoms with Crippen molar-refractivity contribution in [3.8, 4) is 11.5 Å². The number of hydrogen-bond donors (Lipinski definition) is 2. The zero-order chi connectivity index (χ0) is 24.1. The maximum atomic E-state index is 13.6. The largest absolute Gasteiger partial charge is 0.507 e. The van der Waals surface area contributed by atoms with E-state index in [1.165, 1.54) is 6.07 Å². The lowest BCUT2D eigenvalue weighted by Crippen LogP contribution is -2.52. The predicted molar refractivity (Wildman–Crippen MR) is 114 cm³/mol. The van der Waals surface area contributed by atoms with Gasteiger partial charge in [-0.2, -0.15) is 17.6 Å². The fourth-order valence-electron chi connectivity index (χ4n) is 4.14. The van der Waals surface area contributed by atoms with Crippen LogP contribution < -0.4 is 14.8 Å². The van der Waals surface area contributed by atoms with Gasteiger partial charge in [0.25, 0.3) is 0 Å². The second-order valence-corrected chi connectivity index (χ2v) is 8.73. The molecule has 0 aromatic heterocycles. The van der Waals surface area contributed by atoms with Crippen molar-refractivity contribution in [2.75, 3.05) is 19.6 Å². The minimum absolute atomic E-state index is 0.158. The Bertz CT molecular complexity index is 803. The maximum Gasteiger partial charge on any atom is 0.507 e. The SMILES string of the molecule is CCCCCCCC(=O)NC(CN1CCCC1)C(O)c1ccc2c(c1)OC(F)(F)C(F)(F)O2. The number of nitrogens with zero attached hydrogens (tertiary/aromatic N) is 1. The van der Waals surface area contributed by atoms with Crippen LogP contribution in [0.5, 0.6) is 11.5 Å². The number of ether oxygens (including phenoxy) is 2. The second kappa shape index (κ2) is 10.9. The molecule has 186 valence electrons. The van der Waals surface area contributed by atoms with E-state index < -0.39 is 35.9 Å². The lowest BCUT2D eigenvalue weighted by atomic mass is 10.0. The molecule has 1 amide bonds. The normalized spacial score (nSPS) is 20.9. The van der Waals surface area contributed by atoms with Crippen molar-refractivity contribution < 1.29 is 36.9 Å². The van der Waals surface area contributed by atoms with Gasteiger partial charge in [-0.05, 0) is 50.0 Å². The number of aliphatic hydroxyl groups is 1. The van der Waals surface area contributed by atoms with Gasteiger partial charge >= 0.3 is 12.2 Å². The first-order valence-electron chi connectivity index (χ1n) is 11.6. The summed E-state index contributed by atoms with van der Waals surface area (Å²) in [6.45, 7) is 4.16. The Labute approximate surface area is 191 Å². The molecule has 0 saturated carbocycles. The minimum atomic E-state index is -4.84. The van der Waals surface area contributed by atoms with Crippen molar-refractivity contribution in [3.05, 3.63) is 23.8 Å². The summed E-state index contributed by atoms with van der Waals surface area (Å²) in [4.78, 5) is 14.6. The second-order valence-electron chi connectivity index (χ2n) is 8.73. The van der Waals surface area contributed by atoms with Crippen molar-refractivity contribution in [1.82, 2.24) is 10.2 Å². The van der Waals surface area contributed by atoms with Crippen molar-refractivity contribution in [2.24, 2.45) is 0 Å². The molecular formula is C23H32F4N2O4. The molecule has 0 bridgehead atoms. The van der Waals surface area contributed by atoms with Gasteiger partial charge in [0.1, 0.15) is 6.10 Å². The Morgan fingerprint density at radius 2 is 1.70 bits per heavy atom. The molecule has 1 aromatic carbocycles. The molecule has 0 radical (unpaired) electrons. The first-order valence-corrected chi connectivity index (χ1v) is 11.6. The van der Waals surface area contributed by atoms with Crippen molar-refractivity contribution in [2.45, 2.75) is 82.7 Å². The number of amides is 1. The highest BCUT2D eigenvalue weighted by atomic mass is 19.3. The summed E-state index contributed by atoms with van der Waals surface area (Å²) < 4.78 is 62.2. The molecule has 1 fully saturated rings. The summed E-state index contributed by atoms with van der Waals surface area (Å²) in [7, 11) is 0. The van der Waals surface area contributed by atoms with E-state index in [0.29, 0.717) is 13.0 Å². The molecule has 2 aliphatic heterocycles. The number of hydrogen-bond acceptors (Lipinski definition) is 5. The van der Waals surface area contributed by atoms with Crippen LogP contribution in [0.2, 0.25) is 0 Å². The van der Waals surface area contributed by atoms with E-state index in [1.807, 2.05) is 0 Å². The molecule has 10 heteroatoms. The van der Waals surface area contributed by atoms with Gasteiger partial charge in [-0.25, -0.2) is 0 Å². The molecule has 0 aliphatic carbocycles. The van der Waals surface area contributed by atoms with E-state index >= 15 is 0 Å². The van der Waals surface area contributed by atoms with Crippen LogP contribution in [0.15, 0.2) is 18.2 Å². The molecule has 1 saturated heterocycles. The van der Waals surface area contributed by atoms with E-state index in [1.54, 1.807) is 0 Å². The number of unbranched alkanes of at least 4 members (excludes halogenated alkanes) is 4. The zero-order valence-corrected chi connectivity index (χ0v) is 18.8. The number of halogens is 4. The molecule has 2 N–H and O–H groups in total. The van der Waals surface area contributed by atoms with Gasteiger partial charge in [-0.3, -0.25) is 4.79 Å². The molecule has 0 spiro atoms. The van der Waals surface area contributed by atoms with E-state index in [0.717, 1.165) is 70.2 Å². The van der Waals surface area contributed by atoms with Crippen LogP contribution >= 0.6 is 0 Å². The maximum absolute atomic E-state index is 13.6. The molecule has 33 heavy (non-hydrogen) atoms. The number of fused-ring (bicyclic) bond motifs is 1. The molecule has 1 aromatic rings. The van der Waals surface area contributed by atoms with Crippen molar-refractivity contribution in [1.29, 1.82) is 0 Å². The van der Waals surface area contributed by atoms with Crippen molar-refractivity contribution >= 4 is 5.91 Å². The third-order valence-electron chi connectivity index (χ3n) is 6.01. The van der Waals surface area contributed by atoms with Crippen LogP contribution in [-0.2, 0) is 4.79 Å². The number of likely N-dealkylation sites (tertiary alicyclic amines) is 1. The fourth-order valence-corrected chi connectivity index (χ4v) is 4.14. The summed E-state index contributed by atoms with van der Waals surface area (Å²) in [5.74, 6) is -1.34. The number of carbonyl (C=O) groups excluding carboxylic acids is 1. The van der Waals surface area contributed by atoms with Crippen LogP contribution in [0.1, 0.15) is 70.0 Å². The number of nitrogens with one attached hydrogen (secondary N) is 1. The van der Waals surface area contributed by atoms with Gasteiger partial charge in [-0.1, -0.05) is 38.7 Å². The zero-order valence-electron chi connectivity index (χ0n) is 18.8. The first-order chi connectivity index (χ1) is 15.6. The number of benzene rings is 1. The van der Waals surface area contributed by atoms with Crippen LogP contribution in [0.25, 0.3) is 0 Å². The highest BCUT2D eigenvalue weighted by Gasteiger charge is 2.66. The molecule has 2 heterocycles. The number of carbonyl (C=O) groups is 1. The van der Waals surface area contributed by atoms with E-state index in [2.05, 4.69) is 26.6 Å². The van der Waals surface area contributed by atoms with Crippen LogP contribution in [0, 0.1) is 0 Å². The Hall–Kier alpha value is -2.07. The standard InChI is InChI=1S/C23H32F4N2O4/c1-2-3-4-5-6-9-20(30)28-17(15-29-12-7-8-13-29)21(31)16-10-11-18-19(14-16)33-23(26,27)22(24,25)32-18/h10-11,14,17,21,31H,2-9,12-13,15H2,1H3,(H,28,30). The van der Waals surface area contributed by atoms with Gasteiger partial charge in [0.2, 0.25) is 5.91 Å². The van der Waals surface area contributed by atoms with Crippen LogP contribution in [-0.4, -0.2) is 53.8 Å². The monoisotopic (exact) mass is 476 g/mol. The van der Waals surface area contributed by atoms with E-state index in [-0.39, 0.29) is 11.5 Å². The Morgan fingerprint density at radius 1 is 1.06 bits per heavy atom. The number of aliphatic hydroxyl groups excluding tert-OH is 1. The summed E-state index contributed by atoms with van der Waals surface area (Å²) in [6, 6.07) is 2.72. The lowest BCUT2D eigenvalue weighted by molar-refractivity contribution is -0.391. The molecule has 6 nitrogen and oxygen atoms in total. The topological polar surface area (TPSA) is 71.0 Å². The van der Waals surface area contributed by atoms with E-state index in [9.17, 15) is 27.5 Å². The molecule has 2 atom stereocenters. The highest BCUT2D eigenvalue weighted by Crippen LogP contribution is 2.47. The molecule has 2 unspecified atom stereocenters. The number of rotatable bonds is 11. The third-order valence-corrected chi connectivity index (χ3v) is 6.01. The Morgan fingerprint density at radius 3 is 2.36 bits per heavy atom. The first kappa shape index (κ1) is 25.6. The summed E-state index contributed by atoms with van der Waals surface area (Å²) >= 11 is 0. The quantitative estimate of drug-likeness (QED) is 0.360. The summed E-state index contributed by atoms with van der Waals surface area (Å²) in [5.41, 5.74) is 0.158. The van der Waals surface area contributed by atoms with E-state index in [4.69, 9.17) is 0 Å². The van der Waals surface area contributed by atoms with Gasteiger partial charge < -0.3 is 24.8 Å². The average molecular weight is 477 g/mol. The Kier molecular flexibility index (Phi) is 8.44. The lowest BCUT2D eigenvalue weighted by Gasteiger charge is -2.33.